The summed E-state index contributed by atoms with van der Waals surface area (Å²) in [7, 11) is 1.42. The fraction of sp³-hybridized carbons (Fsp3) is 0.105. The fourth-order valence-corrected chi connectivity index (χ4v) is 4.54. The number of carbonyl (C=O) groups excluding carboxylic acids is 1. The zero-order chi connectivity index (χ0) is 15.4. The molecule has 2 nitrogen and oxygen atoms in total. The number of carbonyl (C=O) groups is 1. The Morgan fingerprint density at radius 2 is 1.59 bits per heavy atom. The van der Waals surface area contributed by atoms with E-state index in [2.05, 4.69) is 59.3 Å². The van der Waals surface area contributed by atoms with Crippen LogP contribution >= 0.6 is 0 Å². The number of benzene rings is 3. The van der Waals surface area contributed by atoms with E-state index >= 15 is 0 Å². The second-order valence-corrected chi connectivity index (χ2v) is 8.00. The number of ether oxygens (including phenoxy) is 1. The molecule has 0 radical (unpaired) electrons. The molecule has 0 atom stereocenters. The van der Waals surface area contributed by atoms with Gasteiger partial charge < -0.3 is 0 Å². The van der Waals surface area contributed by atoms with Gasteiger partial charge in [-0.3, -0.25) is 0 Å². The molecule has 3 rings (SSSR count). The molecule has 22 heavy (non-hydrogen) atoms. The number of fused-ring (bicyclic) bond motifs is 1. The van der Waals surface area contributed by atoms with E-state index in [4.69, 9.17) is 0 Å². The summed E-state index contributed by atoms with van der Waals surface area (Å²) in [5.74, 6) is -0.197. The minimum atomic E-state index is -0.200. The first-order valence-corrected chi connectivity index (χ1v) is 9.20. The molecule has 0 unspecified atom stereocenters. The summed E-state index contributed by atoms with van der Waals surface area (Å²) in [6, 6.07) is 23.4. The van der Waals surface area contributed by atoms with Crippen LogP contribution in [-0.2, 0) is 16.0 Å². The van der Waals surface area contributed by atoms with Gasteiger partial charge in [0.2, 0.25) is 0 Å². The number of halogens is 1. The predicted octanol–water partition coefficient (Wildman–Crippen LogP) is 0.684. The van der Waals surface area contributed by atoms with Gasteiger partial charge in [0.15, 0.2) is 0 Å². The Labute approximate surface area is 140 Å². The van der Waals surface area contributed by atoms with Crippen LogP contribution in [-0.4, -0.2) is 13.1 Å². The maximum absolute atomic E-state index is 11.3. The van der Waals surface area contributed by atoms with Crippen LogP contribution < -0.4 is 21.2 Å². The van der Waals surface area contributed by atoms with Crippen molar-refractivity contribution < 1.29 is 30.7 Å². The van der Waals surface area contributed by atoms with Crippen LogP contribution in [0.3, 0.4) is 0 Å². The van der Waals surface area contributed by atoms with Crippen molar-refractivity contribution >= 4 is 16.7 Å². The second-order valence-electron chi connectivity index (χ2n) is 4.97. The van der Waals surface area contributed by atoms with E-state index in [1.54, 1.807) is 0 Å². The van der Waals surface area contributed by atoms with E-state index in [1.165, 1.54) is 25.0 Å². The molecule has 0 aliphatic rings. The monoisotopic (exact) mass is 403 g/mol. The molecule has 0 saturated carbocycles. The number of methoxy groups -OCH3 is 1. The van der Waals surface area contributed by atoms with Gasteiger partial charge in [0.05, 0.1) is 0 Å². The van der Waals surface area contributed by atoms with Crippen LogP contribution in [0.1, 0.15) is 5.56 Å². The van der Waals surface area contributed by atoms with Crippen LogP contribution in [0.2, 0.25) is 0 Å². The van der Waals surface area contributed by atoms with E-state index < -0.39 is 0 Å². The van der Waals surface area contributed by atoms with E-state index in [9.17, 15) is 4.79 Å². The van der Waals surface area contributed by atoms with Gasteiger partial charge >= 0.3 is 140 Å². The van der Waals surface area contributed by atoms with Gasteiger partial charge in [-0.1, -0.05) is 0 Å². The first-order chi connectivity index (χ1) is 10.7. The van der Waals surface area contributed by atoms with E-state index in [1.807, 2.05) is 12.1 Å². The van der Waals surface area contributed by atoms with Crippen molar-refractivity contribution in [3.63, 3.8) is 0 Å². The molecule has 112 valence electrons. The van der Waals surface area contributed by atoms with Gasteiger partial charge in [-0.25, -0.2) is 0 Å². The molecule has 0 aliphatic carbocycles. The molecule has 3 aromatic carbocycles. The first kappa shape index (κ1) is 15.0. The molecular formula is C19H16IO2-. The summed E-state index contributed by atoms with van der Waals surface area (Å²) >= 11 is -0.200. The Bertz CT molecular complexity index is 794. The third-order valence-electron chi connectivity index (χ3n) is 3.42. The molecule has 3 heteroatoms. The Morgan fingerprint density at radius 3 is 2.32 bits per heavy atom. The minimum absolute atomic E-state index is 0.197. The topological polar surface area (TPSA) is 26.3 Å². The average molecular weight is 403 g/mol. The zero-order valence-corrected chi connectivity index (χ0v) is 14.4. The zero-order valence-electron chi connectivity index (χ0n) is 12.3. The van der Waals surface area contributed by atoms with Crippen LogP contribution in [0.15, 0.2) is 66.7 Å². The molecular weight excluding hydrogens is 387 g/mol. The van der Waals surface area contributed by atoms with Crippen molar-refractivity contribution in [2.24, 2.45) is 0 Å². The fourth-order valence-electron chi connectivity index (χ4n) is 2.25. The third kappa shape index (κ3) is 3.65. The van der Waals surface area contributed by atoms with Gasteiger partial charge in [0, 0.05) is 0 Å². The normalized spacial score (nSPS) is 10.8. The Hall–Kier alpha value is -1.88. The Balaban J connectivity index is 1.75. The summed E-state index contributed by atoms with van der Waals surface area (Å²) in [5, 5.41) is 2.57. The summed E-state index contributed by atoms with van der Waals surface area (Å²) < 4.78 is 7.44. The van der Waals surface area contributed by atoms with Crippen molar-refractivity contribution in [3.05, 3.63) is 79.4 Å². The quantitative estimate of drug-likeness (QED) is 0.474. The van der Waals surface area contributed by atoms with E-state index in [-0.39, 0.29) is 27.2 Å². The van der Waals surface area contributed by atoms with Crippen molar-refractivity contribution in [2.75, 3.05) is 7.11 Å². The van der Waals surface area contributed by atoms with Crippen molar-refractivity contribution in [1.29, 1.82) is 0 Å². The Morgan fingerprint density at radius 1 is 0.909 bits per heavy atom. The van der Waals surface area contributed by atoms with Crippen molar-refractivity contribution in [3.8, 4) is 0 Å². The number of hydrogen-bond donors (Lipinski definition) is 0. The molecule has 0 amide bonds. The number of esters is 1. The van der Waals surface area contributed by atoms with Gasteiger partial charge in [-0.15, -0.1) is 0 Å². The maximum atomic E-state index is 11.3. The first-order valence-electron chi connectivity index (χ1n) is 7.04. The molecule has 0 aliphatic heterocycles. The number of hydrogen-bond acceptors (Lipinski definition) is 2. The van der Waals surface area contributed by atoms with E-state index in [0.29, 0.717) is 6.42 Å². The van der Waals surface area contributed by atoms with Crippen LogP contribution in [0.4, 0.5) is 0 Å². The molecule has 0 aromatic heterocycles. The van der Waals surface area contributed by atoms with Crippen LogP contribution in [0.25, 0.3) is 10.8 Å². The van der Waals surface area contributed by atoms with Crippen molar-refractivity contribution in [1.82, 2.24) is 0 Å². The average Bonchev–Trinajstić information content (AvgIpc) is 2.56. The van der Waals surface area contributed by atoms with Crippen LogP contribution in [0.5, 0.6) is 0 Å². The predicted molar refractivity (Wildman–Crippen MR) is 83.5 cm³/mol. The SMILES string of the molecule is COC(=O)Cc1ccc([I-]c2ccc3ccccc3c2)cc1. The number of rotatable bonds is 4. The molecule has 0 heterocycles. The molecule has 0 fully saturated rings. The molecule has 0 N–H and O–H groups in total. The molecule has 0 bridgehead atoms. The standard InChI is InChI=1S/C19H16IO2/c1-22-19(21)12-14-6-9-17(10-7-14)20-18-11-8-15-4-2-3-5-16(15)13-18/h2-11,13H,12H2,1H3/q-1. The third-order valence-corrected chi connectivity index (χ3v) is 6.05. The van der Waals surface area contributed by atoms with Crippen LogP contribution in [0, 0.1) is 7.14 Å². The van der Waals surface area contributed by atoms with Gasteiger partial charge in [-0.05, 0) is 0 Å². The molecule has 3 aromatic rings. The van der Waals surface area contributed by atoms with Gasteiger partial charge in [-0.2, -0.15) is 0 Å². The van der Waals surface area contributed by atoms with Gasteiger partial charge in [0.25, 0.3) is 0 Å². The second kappa shape index (κ2) is 6.92. The Kier molecular flexibility index (Phi) is 4.73. The van der Waals surface area contributed by atoms with E-state index in [0.717, 1.165) is 5.56 Å². The van der Waals surface area contributed by atoms with Gasteiger partial charge in [0.1, 0.15) is 0 Å². The summed E-state index contributed by atoms with van der Waals surface area (Å²) in [4.78, 5) is 11.3. The summed E-state index contributed by atoms with van der Waals surface area (Å²) in [6.07, 6.45) is 0.338. The summed E-state index contributed by atoms with van der Waals surface area (Å²) in [5.41, 5.74) is 0.998. The molecule has 0 spiro atoms. The van der Waals surface area contributed by atoms with Crippen molar-refractivity contribution in [2.45, 2.75) is 6.42 Å². The molecule has 0 saturated heterocycles. The summed E-state index contributed by atoms with van der Waals surface area (Å²) in [6.45, 7) is 0.